The van der Waals surface area contributed by atoms with Gasteiger partial charge in [-0.05, 0) is 23.8 Å². The summed E-state index contributed by atoms with van der Waals surface area (Å²) in [6.45, 7) is 0.363. The van der Waals surface area contributed by atoms with Crippen LogP contribution in [-0.2, 0) is 12.6 Å². The van der Waals surface area contributed by atoms with Crippen molar-refractivity contribution in [2.45, 2.75) is 12.6 Å². The highest BCUT2D eigenvalue weighted by Gasteiger charge is 2.34. The van der Waals surface area contributed by atoms with Crippen LogP contribution in [0.4, 0.5) is 13.2 Å². The Hall–Kier alpha value is -1.39. The van der Waals surface area contributed by atoms with Crippen molar-refractivity contribution >= 4 is 23.2 Å². The van der Waals surface area contributed by atoms with Gasteiger partial charge in [-0.25, -0.2) is 0 Å². The molecule has 1 aliphatic heterocycles. The van der Waals surface area contributed by atoms with Crippen LogP contribution in [0.5, 0.6) is 5.75 Å². The zero-order valence-electron chi connectivity index (χ0n) is 10.6. The molecule has 0 aromatic heterocycles. The van der Waals surface area contributed by atoms with Crippen LogP contribution in [0.15, 0.2) is 30.3 Å². The molecule has 2 aromatic rings. The summed E-state index contributed by atoms with van der Waals surface area (Å²) in [6, 6.07) is 7.05. The molecule has 0 bridgehead atoms. The molecule has 0 N–H and O–H groups in total. The van der Waals surface area contributed by atoms with E-state index >= 15 is 0 Å². The third kappa shape index (κ3) is 2.58. The standard InChI is InChI=1S/C15H9Cl2F3O/c16-12-3-1-2-10(13(12)17)11-7-9(15(18,19)20)6-8-4-5-21-14(8)11/h1-3,6-7H,4-5H2. The Morgan fingerprint density at radius 1 is 1.05 bits per heavy atom. The van der Waals surface area contributed by atoms with Gasteiger partial charge in [-0.2, -0.15) is 13.2 Å². The van der Waals surface area contributed by atoms with E-state index in [1.54, 1.807) is 18.2 Å². The number of hydrogen-bond acceptors (Lipinski definition) is 1. The van der Waals surface area contributed by atoms with Crippen LogP contribution in [0.25, 0.3) is 11.1 Å². The summed E-state index contributed by atoms with van der Waals surface area (Å²) >= 11 is 12.1. The highest BCUT2D eigenvalue weighted by molar-refractivity contribution is 6.43. The Kier molecular flexibility index (Phi) is 3.54. The number of fused-ring (bicyclic) bond motifs is 1. The van der Waals surface area contributed by atoms with Gasteiger partial charge in [-0.15, -0.1) is 0 Å². The first-order valence-corrected chi connectivity index (χ1v) is 6.95. The average molecular weight is 333 g/mol. The second kappa shape index (κ2) is 5.11. The van der Waals surface area contributed by atoms with Crippen molar-refractivity contribution in [1.82, 2.24) is 0 Å². The van der Waals surface area contributed by atoms with Crippen molar-refractivity contribution < 1.29 is 17.9 Å². The van der Waals surface area contributed by atoms with Gasteiger partial charge in [0.1, 0.15) is 5.75 Å². The van der Waals surface area contributed by atoms with Crippen LogP contribution in [0.2, 0.25) is 10.0 Å². The predicted octanol–water partition coefficient (Wildman–Crippen LogP) is 5.61. The van der Waals surface area contributed by atoms with E-state index in [1.807, 2.05) is 0 Å². The number of hydrogen-bond donors (Lipinski definition) is 0. The Labute approximate surface area is 129 Å². The fourth-order valence-electron chi connectivity index (χ4n) is 2.38. The first kappa shape index (κ1) is 14.5. The maximum Gasteiger partial charge on any atom is 0.416 e. The summed E-state index contributed by atoms with van der Waals surface area (Å²) in [7, 11) is 0. The van der Waals surface area contributed by atoms with Crippen molar-refractivity contribution in [3.05, 3.63) is 51.5 Å². The van der Waals surface area contributed by atoms with Crippen molar-refractivity contribution in [1.29, 1.82) is 0 Å². The molecule has 110 valence electrons. The quantitative estimate of drug-likeness (QED) is 0.659. The molecule has 2 aromatic carbocycles. The van der Waals surface area contributed by atoms with Crippen LogP contribution in [0.1, 0.15) is 11.1 Å². The van der Waals surface area contributed by atoms with Crippen LogP contribution in [0.3, 0.4) is 0 Å². The van der Waals surface area contributed by atoms with Crippen LogP contribution < -0.4 is 4.74 Å². The van der Waals surface area contributed by atoms with E-state index in [0.29, 0.717) is 40.5 Å². The minimum Gasteiger partial charge on any atom is -0.492 e. The summed E-state index contributed by atoms with van der Waals surface area (Å²) in [5, 5.41) is 0.509. The van der Waals surface area contributed by atoms with Gasteiger partial charge in [-0.3, -0.25) is 0 Å². The maximum absolute atomic E-state index is 13.0. The Morgan fingerprint density at radius 3 is 2.52 bits per heavy atom. The van der Waals surface area contributed by atoms with Gasteiger partial charge in [0.25, 0.3) is 0 Å². The summed E-state index contributed by atoms with van der Waals surface area (Å²) in [4.78, 5) is 0. The molecule has 6 heteroatoms. The molecule has 1 aliphatic rings. The molecule has 1 heterocycles. The van der Waals surface area contributed by atoms with Gasteiger partial charge in [0, 0.05) is 17.5 Å². The lowest BCUT2D eigenvalue weighted by molar-refractivity contribution is -0.137. The second-order valence-corrected chi connectivity index (χ2v) is 5.49. The smallest absolute Gasteiger partial charge is 0.416 e. The Morgan fingerprint density at radius 2 is 1.81 bits per heavy atom. The molecule has 3 rings (SSSR count). The zero-order chi connectivity index (χ0) is 15.2. The fourth-order valence-corrected chi connectivity index (χ4v) is 2.79. The molecular formula is C15H9Cl2F3O. The molecule has 0 aliphatic carbocycles. The SMILES string of the molecule is FC(F)(F)c1cc2c(c(-c3cccc(Cl)c3Cl)c1)OCC2. The summed E-state index contributed by atoms with van der Waals surface area (Å²) in [6.07, 6.45) is -3.97. The minimum atomic E-state index is -4.42. The summed E-state index contributed by atoms with van der Waals surface area (Å²) < 4.78 is 44.6. The highest BCUT2D eigenvalue weighted by Crippen LogP contribution is 2.45. The van der Waals surface area contributed by atoms with E-state index in [4.69, 9.17) is 27.9 Å². The lowest BCUT2D eigenvalue weighted by atomic mass is 9.97. The first-order chi connectivity index (χ1) is 9.88. The average Bonchev–Trinajstić information content (AvgIpc) is 2.88. The molecule has 0 amide bonds. The third-order valence-electron chi connectivity index (χ3n) is 3.35. The van der Waals surface area contributed by atoms with Gasteiger partial charge in [-0.1, -0.05) is 35.3 Å². The van der Waals surface area contributed by atoms with Gasteiger partial charge in [0.2, 0.25) is 0 Å². The topological polar surface area (TPSA) is 9.23 Å². The number of halogens is 5. The molecule has 0 atom stereocenters. The van der Waals surface area contributed by atoms with Crippen molar-refractivity contribution in [2.75, 3.05) is 6.61 Å². The second-order valence-electron chi connectivity index (χ2n) is 4.71. The minimum absolute atomic E-state index is 0.219. The maximum atomic E-state index is 13.0. The molecular weight excluding hydrogens is 324 g/mol. The third-order valence-corrected chi connectivity index (χ3v) is 4.17. The van der Waals surface area contributed by atoms with Crippen molar-refractivity contribution in [3.63, 3.8) is 0 Å². The molecule has 0 spiro atoms. The first-order valence-electron chi connectivity index (χ1n) is 6.19. The van der Waals surface area contributed by atoms with E-state index in [1.165, 1.54) is 0 Å². The Bertz CT molecular complexity index is 711. The van der Waals surface area contributed by atoms with Crippen LogP contribution >= 0.6 is 23.2 Å². The van der Waals surface area contributed by atoms with Crippen LogP contribution in [-0.4, -0.2) is 6.61 Å². The van der Waals surface area contributed by atoms with E-state index in [0.717, 1.165) is 12.1 Å². The molecule has 0 saturated heterocycles. The van der Waals surface area contributed by atoms with Gasteiger partial charge >= 0.3 is 6.18 Å². The van der Waals surface area contributed by atoms with E-state index in [2.05, 4.69) is 0 Å². The van der Waals surface area contributed by atoms with E-state index < -0.39 is 11.7 Å². The molecule has 0 fully saturated rings. The lowest BCUT2D eigenvalue weighted by Crippen LogP contribution is -2.06. The zero-order valence-corrected chi connectivity index (χ0v) is 12.1. The predicted molar refractivity (Wildman–Crippen MR) is 76.1 cm³/mol. The largest absolute Gasteiger partial charge is 0.492 e. The van der Waals surface area contributed by atoms with Crippen molar-refractivity contribution in [2.24, 2.45) is 0 Å². The molecule has 0 radical (unpaired) electrons. The lowest BCUT2D eigenvalue weighted by Gasteiger charge is -2.14. The van der Waals surface area contributed by atoms with Gasteiger partial charge < -0.3 is 4.74 Å². The van der Waals surface area contributed by atoms with E-state index in [9.17, 15) is 13.2 Å². The number of alkyl halides is 3. The van der Waals surface area contributed by atoms with Gasteiger partial charge in [0.05, 0.1) is 22.2 Å². The summed E-state index contributed by atoms with van der Waals surface area (Å²) in [5.74, 6) is 0.451. The molecule has 1 nitrogen and oxygen atoms in total. The number of rotatable bonds is 1. The van der Waals surface area contributed by atoms with Crippen LogP contribution in [0, 0.1) is 0 Å². The summed E-state index contributed by atoms with van der Waals surface area (Å²) in [5.41, 5.74) is 0.590. The van der Waals surface area contributed by atoms with E-state index in [-0.39, 0.29) is 5.02 Å². The number of benzene rings is 2. The highest BCUT2D eigenvalue weighted by atomic mass is 35.5. The molecule has 0 saturated carbocycles. The monoisotopic (exact) mass is 332 g/mol. The molecule has 0 unspecified atom stereocenters. The Balaban J connectivity index is 2.27. The van der Waals surface area contributed by atoms with Gasteiger partial charge in [0.15, 0.2) is 0 Å². The normalized spacial score (nSPS) is 14.0. The number of ether oxygens (including phenoxy) is 1. The van der Waals surface area contributed by atoms with Crippen molar-refractivity contribution in [3.8, 4) is 16.9 Å². The fraction of sp³-hybridized carbons (Fsp3) is 0.200. The molecule has 21 heavy (non-hydrogen) atoms.